The van der Waals surface area contributed by atoms with Crippen LogP contribution in [0.5, 0.6) is 0 Å². The van der Waals surface area contributed by atoms with Gasteiger partial charge in [-0.2, -0.15) is 5.48 Å². The number of nitrogens with zero attached hydrogens (tertiary/aromatic N) is 2. The summed E-state index contributed by atoms with van der Waals surface area (Å²) < 4.78 is 0. The average Bonchev–Trinajstić information content (AvgIpc) is 2.43. The van der Waals surface area contributed by atoms with Crippen molar-refractivity contribution in [3.05, 3.63) is 18.3 Å². The first-order valence-corrected chi connectivity index (χ1v) is 6.54. The molecule has 1 saturated heterocycles. The summed E-state index contributed by atoms with van der Waals surface area (Å²) in [7, 11) is 1.61. The number of piperidine rings is 1. The number of quaternary nitrogens is 1. The predicted molar refractivity (Wildman–Crippen MR) is 71.6 cm³/mol. The molecule has 102 valence electrons. The van der Waals surface area contributed by atoms with Crippen molar-refractivity contribution in [1.82, 2.24) is 4.98 Å². The van der Waals surface area contributed by atoms with Gasteiger partial charge in [-0.15, -0.1) is 0 Å². The Morgan fingerprint density at radius 2 is 2.00 bits per heavy atom. The summed E-state index contributed by atoms with van der Waals surface area (Å²) >= 11 is 0. The Labute approximate surface area is 109 Å². The fourth-order valence-electron chi connectivity index (χ4n) is 1.90. The largest absolute Gasteiger partial charge is 0.393 e. The summed E-state index contributed by atoms with van der Waals surface area (Å²) in [4.78, 5) is 11.4. The average molecular weight is 254 g/mol. The molecule has 1 aromatic heterocycles. The highest BCUT2D eigenvalue weighted by molar-refractivity contribution is 5.46. The maximum atomic E-state index is 9.42. The minimum absolute atomic E-state index is 0.134. The van der Waals surface area contributed by atoms with Crippen LogP contribution in [0.1, 0.15) is 26.7 Å². The van der Waals surface area contributed by atoms with Crippen molar-refractivity contribution in [2.75, 3.05) is 25.1 Å². The van der Waals surface area contributed by atoms with Crippen molar-refractivity contribution < 1.29 is 15.4 Å². The van der Waals surface area contributed by atoms with Gasteiger partial charge in [0.2, 0.25) is 0 Å². The van der Waals surface area contributed by atoms with Gasteiger partial charge >= 0.3 is 0 Å². The fourth-order valence-corrected chi connectivity index (χ4v) is 1.90. The van der Waals surface area contributed by atoms with Gasteiger partial charge in [0, 0.05) is 19.2 Å². The highest BCUT2D eigenvalue weighted by atomic mass is 16.6. The molecule has 0 spiro atoms. The monoisotopic (exact) mass is 254 g/mol. The van der Waals surface area contributed by atoms with Crippen LogP contribution in [0.25, 0.3) is 0 Å². The quantitative estimate of drug-likeness (QED) is 0.784. The second-order valence-corrected chi connectivity index (χ2v) is 4.01. The number of hydrogen-bond donors (Lipinski definition) is 2. The van der Waals surface area contributed by atoms with Gasteiger partial charge in [0.05, 0.1) is 25.1 Å². The second-order valence-electron chi connectivity index (χ2n) is 4.01. The molecular weight excluding hydrogens is 230 g/mol. The summed E-state index contributed by atoms with van der Waals surface area (Å²) in [5.41, 5.74) is 2.73. The first-order chi connectivity index (χ1) is 8.79. The van der Waals surface area contributed by atoms with Crippen molar-refractivity contribution in [2.45, 2.75) is 32.8 Å². The van der Waals surface area contributed by atoms with Crippen molar-refractivity contribution in [3.8, 4) is 0 Å². The molecule has 3 N–H and O–H groups in total. The number of anilines is 1. The molecule has 5 heteroatoms. The van der Waals surface area contributed by atoms with Crippen LogP contribution in [0, 0.1) is 0 Å². The summed E-state index contributed by atoms with van der Waals surface area (Å²) in [6, 6.07) is 3.97. The first kappa shape index (κ1) is 14.9. The number of hydrogen-bond acceptors (Lipinski definition) is 4. The lowest BCUT2D eigenvalue weighted by molar-refractivity contribution is -0.832. The SMILES string of the molecule is CC.CO[NH2+]c1ccc(N2CCC(O)CC2)cn1. The summed E-state index contributed by atoms with van der Waals surface area (Å²) in [6.45, 7) is 5.80. The fraction of sp³-hybridized carbons (Fsp3) is 0.615. The first-order valence-electron chi connectivity index (χ1n) is 6.54. The highest BCUT2D eigenvalue weighted by Crippen LogP contribution is 2.19. The van der Waals surface area contributed by atoms with Gasteiger partial charge in [0.1, 0.15) is 0 Å². The van der Waals surface area contributed by atoms with Crippen LogP contribution in [0.3, 0.4) is 0 Å². The Bertz CT molecular complexity index is 322. The molecular formula is C13H24N3O2+. The molecule has 0 aliphatic carbocycles. The standard InChI is InChI=1S/C11H17N3O2.C2H6/c1-16-13-11-3-2-9(8-12-11)14-6-4-10(15)5-7-14;1-2/h2-3,8,10,15H,4-7H2,1H3,(H,12,13);1-2H3/p+1. The highest BCUT2D eigenvalue weighted by Gasteiger charge is 2.17. The second kappa shape index (κ2) is 8.02. The molecule has 1 aliphatic heterocycles. The van der Waals surface area contributed by atoms with Crippen LogP contribution in [-0.4, -0.2) is 36.4 Å². The summed E-state index contributed by atoms with van der Waals surface area (Å²) in [5, 5.41) is 9.42. The van der Waals surface area contributed by atoms with E-state index in [9.17, 15) is 5.11 Å². The van der Waals surface area contributed by atoms with Crippen LogP contribution in [0.15, 0.2) is 18.3 Å². The third kappa shape index (κ3) is 4.25. The number of rotatable bonds is 3. The number of aliphatic hydroxyl groups excluding tert-OH is 1. The van der Waals surface area contributed by atoms with Crippen molar-refractivity contribution in [2.24, 2.45) is 0 Å². The number of pyridine rings is 1. The van der Waals surface area contributed by atoms with E-state index in [-0.39, 0.29) is 6.10 Å². The maximum Gasteiger partial charge on any atom is 0.257 e. The van der Waals surface area contributed by atoms with Gasteiger partial charge in [0.15, 0.2) is 0 Å². The molecule has 0 atom stereocenters. The van der Waals surface area contributed by atoms with Crippen molar-refractivity contribution in [3.63, 3.8) is 0 Å². The van der Waals surface area contributed by atoms with E-state index in [1.165, 1.54) is 0 Å². The molecule has 0 aromatic carbocycles. The lowest BCUT2D eigenvalue weighted by atomic mass is 10.1. The van der Waals surface area contributed by atoms with Crippen LogP contribution >= 0.6 is 0 Å². The Hall–Kier alpha value is -1.17. The molecule has 0 saturated carbocycles. The molecule has 0 radical (unpaired) electrons. The van der Waals surface area contributed by atoms with Gasteiger partial charge in [-0.1, -0.05) is 13.8 Å². The molecule has 18 heavy (non-hydrogen) atoms. The van der Waals surface area contributed by atoms with E-state index in [0.29, 0.717) is 0 Å². The normalized spacial score (nSPS) is 16.1. The van der Waals surface area contributed by atoms with Crippen LogP contribution in [0.2, 0.25) is 0 Å². The Kier molecular flexibility index (Phi) is 6.64. The Balaban J connectivity index is 0.000000771. The van der Waals surface area contributed by atoms with E-state index in [1.54, 1.807) is 12.6 Å². The lowest BCUT2D eigenvalue weighted by Gasteiger charge is -2.31. The van der Waals surface area contributed by atoms with Crippen LogP contribution in [-0.2, 0) is 4.84 Å². The summed E-state index contributed by atoms with van der Waals surface area (Å²) in [5.74, 6) is 0.822. The zero-order chi connectivity index (χ0) is 13.4. The van der Waals surface area contributed by atoms with E-state index >= 15 is 0 Å². The molecule has 1 fully saturated rings. The lowest BCUT2D eigenvalue weighted by Crippen LogP contribution is -2.76. The van der Waals surface area contributed by atoms with Crippen molar-refractivity contribution in [1.29, 1.82) is 0 Å². The van der Waals surface area contributed by atoms with E-state index in [1.807, 2.05) is 32.2 Å². The summed E-state index contributed by atoms with van der Waals surface area (Å²) in [6.07, 6.45) is 3.39. The number of nitrogens with two attached hydrogens (primary N) is 1. The predicted octanol–water partition coefficient (Wildman–Crippen LogP) is 0.825. The molecule has 2 rings (SSSR count). The minimum atomic E-state index is -0.134. The molecule has 5 nitrogen and oxygen atoms in total. The van der Waals surface area contributed by atoms with Gasteiger partial charge < -0.3 is 10.0 Å². The van der Waals surface area contributed by atoms with Gasteiger partial charge in [-0.3, -0.25) is 0 Å². The topological polar surface area (TPSA) is 62.2 Å². The Morgan fingerprint density at radius 3 is 2.50 bits per heavy atom. The smallest absolute Gasteiger partial charge is 0.257 e. The zero-order valence-corrected chi connectivity index (χ0v) is 11.5. The molecule has 0 unspecified atom stereocenters. The third-order valence-electron chi connectivity index (χ3n) is 2.84. The molecule has 1 aromatic rings. The van der Waals surface area contributed by atoms with Crippen LogP contribution < -0.4 is 10.4 Å². The Morgan fingerprint density at radius 1 is 1.33 bits per heavy atom. The van der Waals surface area contributed by atoms with E-state index in [4.69, 9.17) is 4.84 Å². The van der Waals surface area contributed by atoms with Gasteiger partial charge in [-0.25, -0.2) is 9.82 Å². The number of aromatic nitrogens is 1. The minimum Gasteiger partial charge on any atom is -0.393 e. The van der Waals surface area contributed by atoms with Gasteiger partial charge in [0.25, 0.3) is 5.82 Å². The molecule has 2 heterocycles. The van der Waals surface area contributed by atoms with E-state index < -0.39 is 0 Å². The molecule has 0 amide bonds. The zero-order valence-electron chi connectivity index (χ0n) is 11.5. The van der Waals surface area contributed by atoms with Gasteiger partial charge in [-0.05, 0) is 18.9 Å². The maximum absolute atomic E-state index is 9.42. The van der Waals surface area contributed by atoms with Crippen molar-refractivity contribution >= 4 is 11.5 Å². The molecule has 1 aliphatic rings. The van der Waals surface area contributed by atoms with E-state index in [0.717, 1.165) is 37.4 Å². The van der Waals surface area contributed by atoms with Crippen LogP contribution in [0.4, 0.5) is 11.5 Å². The number of aliphatic hydroxyl groups is 1. The molecule has 0 bridgehead atoms. The van der Waals surface area contributed by atoms with E-state index in [2.05, 4.69) is 9.88 Å². The third-order valence-corrected chi connectivity index (χ3v) is 2.84.